The lowest BCUT2D eigenvalue weighted by atomic mass is 10.00. The second-order valence-electron chi connectivity index (χ2n) is 5.02. The molecular weight excluding hydrogens is 170 g/mol. The lowest BCUT2D eigenvalue weighted by molar-refractivity contribution is 0.549. The summed E-state index contributed by atoms with van der Waals surface area (Å²) in [5.41, 5.74) is 7.60. The highest BCUT2D eigenvalue weighted by Crippen LogP contribution is 2.22. The van der Waals surface area contributed by atoms with Crippen LogP contribution in [-0.2, 0) is 0 Å². The molecule has 0 aromatic heterocycles. The zero-order chi connectivity index (χ0) is 10.4. The van der Waals surface area contributed by atoms with Gasteiger partial charge < -0.3 is 5.73 Å². The van der Waals surface area contributed by atoms with Crippen molar-refractivity contribution in [3.05, 3.63) is 11.6 Å². The van der Waals surface area contributed by atoms with E-state index >= 15 is 0 Å². The Kier molecular flexibility index (Phi) is 5.24. The Balaban J connectivity index is 2.27. The van der Waals surface area contributed by atoms with E-state index in [1.165, 1.54) is 44.9 Å². The molecule has 0 heterocycles. The highest BCUT2D eigenvalue weighted by atomic mass is 14.6. The molecule has 0 amide bonds. The van der Waals surface area contributed by atoms with Crippen LogP contribution < -0.4 is 5.73 Å². The van der Waals surface area contributed by atoms with Gasteiger partial charge in [-0.25, -0.2) is 0 Å². The topological polar surface area (TPSA) is 26.0 Å². The molecule has 1 heteroatoms. The smallest absolute Gasteiger partial charge is 0.0226 e. The van der Waals surface area contributed by atoms with Crippen LogP contribution in [-0.4, -0.2) is 6.04 Å². The second-order valence-corrected chi connectivity index (χ2v) is 5.02. The summed E-state index contributed by atoms with van der Waals surface area (Å²) in [4.78, 5) is 0. The Bertz CT molecular complexity index is 182. The van der Waals surface area contributed by atoms with Gasteiger partial charge in [0.05, 0.1) is 0 Å². The van der Waals surface area contributed by atoms with E-state index in [0.29, 0.717) is 6.04 Å². The van der Waals surface area contributed by atoms with Gasteiger partial charge in [-0.1, -0.05) is 38.3 Å². The summed E-state index contributed by atoms with van der Waals surface area (Å²) in [5, 5.41) is 0. The van der Waals surface area contributed by atoms with E-state index in [2.05, 4.69) is 19.9 Å². The molecule has 0 aromatic carbocycles. The molecule has 82 valence electrons. The monoisotopic (exact) mass is 195 g/mol. The molecule has 1 unspecified atom stereocenters. The third-order valence-corrected chi connectivity index (χ3v) is 3.01. The first-order valence-electron chi connectivity index (χ1n) is 6.13. The number of hydrogen-bond donors (Lipinski definition) is 1. The summed E-state index contributed by atoms with van der Waals surface area (Å²) in [6.07, 6.45) is 11.5. The summed E-state index contributed by atoms with van der Waals surface area (Å²) in [5.74, 6) is 0.843. The van der Waals surface area contributed by atoms with Crippen LogP contribution in [0.5, 0.6) is 0 Å². The largest absolute Gasteiger partial charge is 0.324 e. The van der Waals surface area contributed by atoms with Gasteiger partial charge in [0.25, 0.3) is 0 Å². The quantitative estimate of drug-likeness (QED) is 0.681. The third kappa shape index (κ3) is 4.80. The average molecular weight is 195 g/mol. The Morgan fingerprint density at radius 3 is 2.93 bits per heavy atom. The summed E-state index contributed by atoms with van der Waals surface area (Å²) in [6, 6.07) is 0.339. The van der Waals surface area contributed by atoms with Gasteiger partial charge in [-0.15, -0.1) is 0 Å². The van der Waals surface area contributed by atoms with Crippen molar-refractivity contribution in [2.45, 2.75) is 64.8 Å². The van der Waals surface area contributed by atoms with Crippen molar-refractivity contribution in [2.75, 3.05) is 0 Å². The molecule has 0 spiro atoms. The normalized spacial score (nSPS) is 23.4. The van der Waals surface area contributed by atoms with Gasteiger partial charge in [0.1, 0.15) is 0 Å². The molecule has 1 nitrogen and oxygen atoms in total. The van der Waals surface area contributed by atoms with E-state index in [1.807, 2.05) is 0 Å². The maximum absolute atomic E-state index is 5.98. The van der Waals surface area contributed by atoms with Crippen LogP contribution in [0.2, 0.25) is 0 Å². The van der Waals surface area contributed by atoms with Crippen LogP contribution in [0.3, 0.4) is 0 Å². The standard InChI is InChI=1S/C13H25N/c1-11(2)6-5-8-12-7-3-4-9-13(14)10-12/h10-11,13H,3-9,14H2,1-2H3. The second kappa shape index (κ2) is 6.23. The predicted molar refractivity (Wildman–Crippen MR) is 63.2 cm³/mol. The molecule has 0 aromatic rings. The fourth-order valence-electron chi connectivity index (χ4n) is 2.15. The summed E-state index contributed by atoms with van der Waals surface area (Å²) < 4.78 is 0. The molecule has 1 rings (SSSR count). The van der Waals surface area contributed by atoms with Gasteiger partial charge >= 0.3 is 0 Å². The van der Waals surface area contributed by atoms with Crippen LogP contribution >= 0.6 is 0 Å². The molecule has 0 fully saturated rings. The molecular formula is C13H25N. The Morgan fingerprint density at radius 2 is 2.21 bits per heavy atom. The fourth-order valence-corrected chi connectivity index (χ4v) is 2.15. The molecule has 1 atom stereocenters. The molecule has 0 bridgehead atoms. The number of nitrogens with two attached hydrogens (primary N) is 1. The van der Waals surface area contributed by atoms with Crippen LogP contribution in [0, 0.1) is 5.92 Å². The molecule has 1 aliphatic carbocycles. The van der Waals surface area contributed by atoms with Gasteiger partial charge in [0.15, 0.2) is 0 Å². The average Bonchev–Trinajstić information content (AvgIpc) is 2.29. The van der Waals surface area contributed by atoms with Crippen molar-refractivity contribution in [1.82, 2.24) is 0 Å². The minimum atomic E-state index is 0.339. The minimum absolute atomic E-state index is 0.339. The van der Waals surface area contributed by atoms with Crippen molar-refractivity contribution in [3.63, 3.8) is 0 Å². The molecule has 0 saturated heterocycles. The van der Waals surface area contributed by atoms with Crippen molar-refractivity contribution in [1.29, 1.82) is 0 Å². The Labute approximate surface area is 88.8 Å². The molecule has 0 aliphatic heterocycles. The van der Waals surface area contributed by atoms with Crippen LogP contribution in [0.4, 0.5) is 0 Å². The van der Waals surface area contributed by atoms with Crippen molar-refractivity contribution < 1.29 is 0 Å². The van der Waals surface area contributed by atoms with Crippen molar-refractivity contribution >= 4 is 0 Å². The Hall–Kier alpha value is -0.300. The molecule has 14 heavy (non-hydrogen) atoms. The van der Waals surface area contributed by atoms with E-state index < -0.39 is 0 Å². The predicted octanol–water partition coefficient (Wildman–Crippen LogP) is 3.64. The Morgan fingerprint density at radius 1 is 1.43 bits per heavy atom. The zero-order valence-corrected chi connectivity index (χ0v) is 9.76. The number of hydrogen-bond acceptors (Lipinski definition) is 1. The summed E-state index contributed by atoms with van der Waals surface area (Å²) >= 11 is 0. The number of allylic oxidation sites excluding steroid dienone is 1. The van der Waals surface area contributed by atoms with Crippen LogP contribution in [0.25, 0.3) is 0 Å². The summed E-state index contributed by atoms with van der Waals surface area (Å²) in [7, 11) is 0. The minimum Gasteiger partial charge on any atom is -0.324 e. The fraction of sp³-hybridized carbons (Fsp3) is 0.846. The van der Waals surface area contributed by atoms with Crippen molar-refractivity contribution in [3.8, 4) is 0 Å². The molecule has 0 radical (unpaired) electrons. The first-order valence-corrected chi connectivity index (χ1v) is 6.13. The van der Waals surface area contributed by atoms with Crippen molar-refractivity contribution in [2.24, 2.45) is 11.7 Å². The van der Waals surface area contributed by atoms with E-state index in [-0.39, 0.29) is 0 Å². The highest BCUT2D eigenvalue weighted by molar-refractivity contribution is 5.08. The summed E-state index contributed by atoms with van der Waals surface area (Å²) in [6.45, 7) is 4.60. The first kappa shape index (κ1) is 11.8. The van der Waals surface area contributed by atoms with Crippen LogP contribution in [0.1, 0.15) is 58.8 Å². The zero-order valence-electron chi connectivity index (χ0n) is 9.76. The van der Waals surface area contributed by atoms with Gasteiger partial charge in [-0.3, -0.25) is 0 Å². The number of rotatable bonds is 4. The molecule has 1 aliphatic rings. The SMILES string of the molecule is CC(C)CCCC1=CC(N)CCCC1. The maximum atomic E-state index is 5.98. The van der Waals surface area contributed by atoms with Gasteiger partial charge in [0.2, 0.25) is 0 Å². The van der Waals surface area contributed by atoms with E-state index in [0.717, 1.165) is 5.92 Å². The molecule has 0 saturated carbocycles. The highest BCUT2D eigenvalue weighted by Gasteiger charge is 2.08. The van der Waals surface area contributed by atoms with E-state index in [9.17, 15) is 0 Å². The first-order chi connectivity index (χ1) is 6.68. The van der Waals surface area contributed by atoms with E-state index in [1.54, 1.807) is 5.57 Å². The van der Waals surface area contributed by atoms with Gasteiger partial charge in [-0.05, 0) is 38.0 Å². The van der Waals surface area contributed by atoms with Gasteiger partial charge in [0, 0.05) is 6.04 Å². The van der Waals surface area contributed by atoms with E-state index in [4.69, 9.17) is 5.73 Å². The molecule has 2 N–H and O–H groups in total. The van der Waals surface area contributed by atoms with Crippen LogP contribution in [0.15, 0.2) is 11.6 Å². The van der Waals surface area contributed by atoms with Gasteiger partial charge in [-0.2, -0.15) is 0 Å². The lowest BCUT2D eigenvalue weighted by Crippen LogP contribution is -2.15. The maximum Gasteiger partial charge on any atom is 0.0226 e. The third-order valence-electron chi connectivity index (χ3n) is 3.01. The lowest BCUT2D eigenvalue weighted by Gasteiger charge is -2.08.